The fourth-order valence-corrected chi connectivity index (χ4v) is 4.73. The first-order valence-electron chi connectivity index (χ1n) is 13.6. The van der Waals surface area contributed by atoms with Gasteiger partial charge < -0.3 is 14.6 Å². The molecule has 0 unspecified atom stereocenters. The van der Waals surface area contributed by atoms with Gasteiger partial charge in [-0.15, -0.1) is 0 Å². The Morgan fingerprint density at radius 3 is 1.51 bits per heavy atom. The molecule has 200 valence electrons. The van der Waals surface area contributed by atoms with Crippen molar-refractivity contribution < 1.29 is 24.2 Å². The average molecular weight is 491 g/mol. The maximum absolute atomic E-state index is 12.7. The molecule has 0 aliphatic carbocycles. The summed E-state index contributed by atoms with van der Waals surface area (Å²) >= 11 is 0. The Labute approximate surface area is 214 Å². The van der Waals surface area contributed by atoms with Gasteiger partial charge in [-0.05, 0) is 49.5 Å². The molecule has 0 aromatic heterocycles. The molecule has 0 amide bonds. The Morgan fingerprint density at radius 1 is 0.771 bits per heavy atom. The first kappa shape index (κ1) is 31.0. The van der Waals surface area contributed by atoms with E-state index in [9.17, 15) is 14.7 Å². The lowest BCUT2D eigenvalue weighted by Gasteiger charge is -2.33. The summed E-state index contributed by atoms with van der Waals surface area (Å²) in [5.74, 6) is -1.80. The van der Waals surface area contributed by atoms with Crippen LogP contribution >= 0.6 is 0 Å². The number of esters is 2. The molecule has 0 bridgehead atoms. The average Bonchev–Trinajstić information content (AvgIpc) is 2.78. The van der Waals surface area contributed by atoms with Gasteiger partial charge in [-0.1, -0.05) is 92.2 Å². The van der Waals surface area contributed by atoms with E-state index in [1.807, 2.05) is 12.1 Å². The molecule has 1 aromatic rings. The van der Waals surface area contributed by atoms with Crippen LogP contribution in [0.2, 0.25) is 0 Å². The van der Waals surface area contributed by atoms with Crippen LogP contribution in [0, 0.1) is 5.92 Å². The highest BCUT2D eigenvalue weighted by atomic mass is 16.6. The van der Waals surface area contributed by atoms with Gasteiger partial charge in [-0.2, -0.15) is 0 Å². The number of hydrogen-bond donors (Lipinski definition) is 1. The van der Waals surface area contributed by atoms with Gasteiger partial charge in [0.05, 0.1) is 13.2 Å². The third kappa shape index (κ3) is 9.16. The van der Waals surface area contributed by atoms with Crippen LogP contribution in [-0.4, -0.2) is 30.3 Å². The number of phenols is 1. The van der Waals surface area contributed by atoms with Gasteiger partial charge in [-0.3, -0.25) is 9.59 Å². The molecule has 5 heteroatoms. The second-order valence-corrected chi connectivity index (χ2v) is 11.0. The van der Waals surface area contributed by atoms with Gasteiger partial charge >= 0.3 is 11.9 Å². The van der Waals surface area contributed by atoms with Crippen LogP contribution in [0.15, 0.2) is 12.1 Å². The fourth-order valence-electron chi connectivity index (χ4n) is 4.73. The summed E-state index contributed by atoms with van der Waals surface area (Å²) in [6.07, 6.45) is 8.82. The molecular weight excluding hydrogens is 440 g/mol. The van der Waals surface area contributed by atoms with E-state index in [1.165, 1.54) is 0 Å². The minimum Gasteiger partial charge on any atom is -0.507 e. The summed E-state index contributed by atoms with van der Waals surface area (Å²) in [5.41, 5.74) is 2.14. The zero-order valence-electron chi connectivity index (χ0n) is 23.6. The van der Waals surface area contributed by atoms with Crippen molar-refractivity contribution in [3.63, 3.8) is 0 Å². The lowest BCUT2D eigenvalue weighted by molar-refractivity contribution is -0.161. The van der Waals surface area contributed by atoms with Gasteiger partial charge in [0, 0.05) is 11.1 Å². The standard InChI is InChI=1S/C30H50O5/c1-9-13-15-17-29(5,6)24-20-22(19-23(27(32)34-11-3)28(33)35-12-4)21-25(26(24)31)30(7,8)18-16-14-10-2/h20-21,23,31H,9-19H2,1-8H3. The van der Waals surface area contributed by atoms with Gasteiger partial charge in [0.2, 0.25) is 0 Å². The third-order valence-electron chi connectivity index (χ3n) is 7.02. The predicted molar refractivity (Wildman–Crippen MR) is 143 cm³/mol. The van der Waals surface area contributed by atoms with Crippen LogP contribution in [0.5, 0.6) is 5.75 Å². The van der Waals surface area contributed by atoms with Crippen LogP contribution in [0.3, 0.4) is 0 Å². The molecule has 0 saturated heterocycles. The van der Waals surface area contributed by atoms with Crippen LogP contribution in [0.4, 0.5) is 0 Å². The molecule has 35 heavy (non-hydrogen) atoms. The van der Waals surface area contributed by atoms with Crippen molar-refractivity contribution in [3.8, 4) is 5.75 Å². The first-order valence-corrected chi connectivity index (χ1v) is 13.6. The highest BCUT2D eigenvalue weighted by Gasteiger charge is 2.34. The Bertz CT molecular complexity index is 748. The van der Waals surface area contributed by atoms with Crippen molar-refractivity contribution in [1.82, 2.24) is 0 Å². The van der Waals surface area contributed by atoms with E-state index in [0.29, 0.717) is 5.75 Å². The van der Waals surface area contributed by atoms with E-state index in [4.69, 9.17) is 9.47 Å². The second kappa shape index (κ2) is 14.5. The number of hydrogen-bond acceptors (Lipinski definition) is 5. The normalized spacial score (nSPS) is 12.1. The zero-order chi connectivity index (χ0) is 26.6. The van der Waals surface area contributed by atoms with Crippen molar-refractivity contribution in [2.24, 2.45) is 5.92 Å². The van der Waals surface area contributed by atoms with E-state index in [1.54, 1.807) is 13.8 Å². The van der Waals surface area contributed by atoms with Crippen molar-refractivity contribution >= 4 is 11.9 Å². The number of rotatable bonds is 16. The van der Waals surface area contributed by atoms with Crippen molar-refractivity contribution in [3.05, 3.63) is 28.8 Å². The topological polar surface area (TPSA) is 72.8 Å². The quantitative estimate of drug-likeness (QED) is 0.148. The lowest BCUT2D eigenvalue weighted by Crippen LogP contribution is -2.30. The van der Waals surface area contributed by atoms with Crippen LogP contribution in [0.1, 0.15) is 123 Å². The smallest absolute Gasteiger partial charge is 0.320 e. The van der Waals surface area contributed by atoms with Crippen molar-refractivity contribution in [2.45, 2.75) is 124 Å². The SMILES string of the molecule is CCCCCC(C)(C)c1cc(CC(C(=O)OCC)C(=O)OCC)cc(C(C)(C)CCCCC)c1O. The molecule has 0 aliphatic heterocycles. The molecular formula is C30H50O5. The molecule has 1 N–H and O–H groups in total. The van der Waals surface area contributed by atoms with Crippen LogP contribution in [0.25, 0.3) is 0 Å². The lowest BCUT2D eigenvalue weighted by atomic mass is 9.72. The molecule has 0 saturated carbocycles. The Kier molecular flexibility index (Phi) is 12.8. The number of carbonyl (C=O) groups excluding carboxylic acids is 2. The van der Waals surface area contributed by atoms with Gasteiger partial charge in [0.1, 0.15) is 5.75 Å². The minimum absolute atomic E-state index is 0.189. The molecule has 5 nitrogen and oxygen atoms in total. The summed E-state index contributed by atoms with van der Waals surface area (Å²) in [6, 6.07) is 3.97. The number of phenolic OH excluding ortho intramolecular Hbond substituents is 1. The summed E-state index contributed by atoms with van der Waals surface area (Å²) in [7, 11) is 0. The van der Waals surface area contributed by atoms with Crippen molar-refractivity contribution in [1.29, 1.82) is 0 Å². The zero-order valence-corrected chi connectivity index (χ0v) is 23.6. The van der Waals surface area contributed by atoms with Gasteiger partial charge in [0.25, 0.3) is 0 Å². The van der Waals surface area contributed by atoms with E-state index >= 15 is 0 Å². The van der Waals surface area contributed by atoms with E-state index < -0.39 is 17.9 Å². The molecule has 0 atom stereocenters. The molecule has 1 rings (SSSR count). The maximum atomic E-state index is 12.7. The number of ether oxygens (including phenoxy) is 2. The Morgan fingerprint density at radius 2 is 1.17 bits per heavy atom. The molecule has 1 aromatic carbocycles. The molecule has 0 heterocycles. The summed E-state index contributed by atoms with van der Waals surface area (Å²) in [6.45, 7) is 16.9. The highest BCUT2D eigenvalue weighted by molar-refractivity contribution is 5.95. The monoisotopic (exact) mass is 490 g/mol. The largest absolute Gasteiger partial charge is 0.507 e. The number of unbranched alkanes of at least 4 members (excludes halogenated alkanes) is 4. The predicted octanol–water partition coefficient (Wildman–Crippen LogP) is 7.39. The highest BCUT2D eigenvalue weighted by Crippen LogP contribution is 2.44. The van der Waals surface area contributed by atoms with E-state index in [0.717, 1.165) is 68.1 Å². The summed E-state index contributed by atoms with van der Waals surface area (Å²) in [4.78, 5) is 25.3. The van der Waals surface area contributed by atoms with Gasteiger partial charge in [0.15, 0.2) is 5.92 Å². The Hall–Kier alpha value is -2.04. The van der Waals surface area contributed by atoms with Crippen LogP contribution < -0.4 is 0 Å². The first-order chi connectivity index (χ1) is 16.4. The van der Waals surface area contributed by atoms with E-state index in [2.05, 4.69) is 41.5 Å². The summed E-state index contributed by atoms with van der Waals surface area (Å²) in [5, 5.41) is 11.5. The molecule has 0 aliphatic rings. The molecule has 0 spiro atoms. The number of carbonyl (C=O) groups is 2. The second-order valence-electron chi connectivity index (χ2n) is 11.0. The van der Waals surface area contributed by atoms with Crippen LogP contribution in [-0.2, 0) is 36.3 Å². The molecule has 0 fully saturated rings. The minimum atomic E-state index is -1.02. The summed E-state index contributed by atoms with van der Waals surface area (Å²) < 4.78 is 10.4. The number of aromatic hydroxyl groups is 1. The molecule has 0 radical (unpaired) electrons. The van der Waals surface area contributed by atoms with Gasteiger partial charge in [-0.25, -0.2) is 0 Å². The maximum Gasteiger partial charge on any atom is 0.320 e. The van der Waals surface area contributed by atoms with Crippen molar-refractivity contribution in [2.75, 3.05) is 13.2 Å². The fraction of sp³-hybridized carbons (Fsp3) is 0.733. The van der Waals surface area contributed by atoms with E-state index in [-0.39, 0.29) is 30.5 Å². The third-order valence-corrected chi connectivity index (χ3v) is 7.02. The Balaban J connectivity index is 3.57. The number of benzene rings is 1.